The van der Waals surface area contributed by atoms with Crippen LogP contribution in [0.25, 0.3) is 0 Å². The molecule has 4 aliphatic carbocycles. The van der Waals surface area contributed by atoms with Crippen molar-refractivity contribution in [3.05, 3.63) is 47.0 Å². The van der Waals surface area contributed by atoms with Gasteiger partial charge < -0.3 is 19.4 Å². The van der Waals surface area contributed by atoms with Crippen molar-refractivity contribution >= 4 is 12.0 Å². The topological polar surface area (TPSA) is 80.7 Å². The molecule has 1 heterocycles. The molecule has 0 bridgehead atoms. The van der Waals surface area contributed by atoms with E-state index in [9.17, 15) is 4.79 Å². The number of benzene rings is 1. The van der Waals surface area contributed by atoms with Crippen molar-refractivity contribution in [1.29, 1.82) is 0 Å². The molecule has 182 valence electrons. The highest BCUT2D eigenvalue weighted by atomic mass is 16.6. The Morgan fingerprint density at radius 1 is 1.15 bits per heavy atom. The van der Waals surface area contributed by atoms with Crippen LogP contribution in [0.2, 0.25) is 0 Å². The largest absolute Gasteiger partial charge is 0.411 e. The van der Waals surface area contributed by atoms with Crippen LogP contribution < -0.4 is 0 Å². The standard InChI is InChI=1S/C28H35NO5/c1-25-15-24(19-6-4-18(5-7-19)16-29-31)28-23(22(25)11-12-26(25,33-3)17-32-2)9-8-20-14-21(30)10-13-27(20,28)34-28/h4-7,14,16,22-24,31H,8-13,15,17H2,1-3H3/b29-16-/t22-,23-,24+,25-,26+,27-,28-/m0/s1. The lowest BCUT2D eigenvalue weighted by Gasteiger charge is -2.57. The Morgan fingerprint density at radius 3 is 2.65 bits per heavy atom. The summed E-state index contributed by atoms with van der Waals surface area (Å²) in [4.78, 5) is 12.3. The number of nitrogens with zero attached hydrogens (tertiary/aromatic N) is 1. The summed E-state index contributed by atoms with van der Waals surface area (Å²) in [7, 11) is 3.62. The van der Waals surface area contributed by atoms with Gasteiger partial charge in [-0.2, -0.15) is 0 Å². The van der Waals surface area contributed by atoms with Gasteiger partial charge in [-0.1, -0.05) is 36.3 Å². The van der Waals surface area contributed by atoms with Gasteiger partial charge in [0.25, 0.3) is 0 Å². The Labute approximate surface area is 201 Å². The van der Waals surface area contributed by atoms with Gasteiger partial charge in [0, 0.05) is 32.0 Å². The van der Waals surface area contributed by atoms with Crippen molar-refractivity contribution in [2.24, 2.45) is 22.4 Å². The molecule has 6 nitrogen and oxygen atoms in total. The van der Waals surface area contributed by atoms with E-state index in [-0.39, 0.29) is 33.9 Å². The number of rotatable bonds is 5. The molecule has 34 heavy (non-hydrogen) atoms. The van der Waals surface area contributed by atoms with E-state index in [0.29, 0.717) is 24.9 Å². The van der Waals surface area contributed by atoms with Gasteiger partial charge in [0.15, 0.2) is 5.78 Å². The van der Waals surface area contributed by atoms with Crippen molar-refractivity contribution in [3.8, 4) is 0 Å². The highest BCUT2D eigenvalue weighted by Gasteiger charge is 2.84. The van der Waals surface area contributed by atoms with Gasteiger partial charge in [0.1, 0.15) is 11.2 Å². The predicted octanol–water partition coefficient (Wildman–Crippen LogP) is 4.64. The first-order valence-electron chi connectivity index (χ1n) is 12.7. The zero-order valence-corrected chi connectivity index (χ0v) is 20.4. The number of carbonyl (C=O) groups is 1. The number of epoxide rings is 1. The Balaban J connectivity index is 1.49. The van der Waals surface area contributed by atoms with Gasteiger partial charge in [0.2, 0.25) is 0 Å². The lowest BCUT2D eigenvalue weighted by Crippen LogP contribution is -2.60. The van der Waals surface area contributed by atoms with Gasteiger partial charge in [-0.3, -0.25) is 4.79 Å². The third kappa shape index (κ3) is 2.62. The molecule has 7 atom stereocenters. The molecule has 0 radical (unpaired) electrons. The van der Waals surface area contributed by atoms with E-state index in [0.717, 1.165) is 44.1 Å². The van der Waals surface area contributed by atoms with Gasteiger partial charge >= 0.3 is 0 Å². The monoisotopic (exact) mass is 465 g/mol. The highest BCUT2D eigenvalue weighted by Crippen LogP contribution is 2.79. The Bertz CT molecular complexity index is 1070. The molecule has 1 aliphatic heterocycles. The number of oxime groups is 1. The molecule has 1 aromatic rings. The maximum absolute atomic E-state index is 12.3. The highest BCUT2D eigenvalue weighted by molar-refractivity contribution is 5.92. The summed E-state index contributed by atoms with van der Waals surface area (Å²) < 4.78 is 19.1. The summed E-state index contributed by atoms with van der Waals surface area (Å²) in [6.07, 6.45) is 9.82. The van der Waals surface area contributed by atoms with Crippen molar-refractivity contribution in [1.82, 2.24) is 0 Å². The first-order chi connectivity index (χ1) is 16.4. The molecule has 0 amide bonds. The maximum atomic E-state index is 12.3. The maximum Gasteiger partial charge on any atom is 0.155 e. The summed E-state index contributed by atoms with van der Waals surface area (Å²) >= 11 is 0. The zero-order valence-electron chi connectivity index (χ0n) is 20.4. The molecule has 1 saturated heterocycles. The quantitative estimate of drug-likeness (QED) is 0.297. The number of hydrogen-bond donors (Lipinski definition) is 1. The molecule has 5 aliphatic rings. The van der Waals surface area contributed by atoms with Gasteiger partial charge in [0.05, 0.1) is 18.4 Å². The SMILES string of the molecule is COC[C@]1(OC)CC[C@H]2[C@@H]3CCC4=CC(=O)CC[C@]45O[C@]35[C@@H](c3ccc(/C=N\O)cc3)C[C@@]21C. The number of methoxy groups -OCH3 is 2. The summed E-state index contributed by atoms with van der Waals surface area (Å²) in [5.41, 5.74) is 2.45. The molecule has 1 aromatic carbocycles. The summed E-state index contributed by atoms with van der Waals surface area (Å²) in [6, 6.07) is 8.36. The molecule has 0 aromatic heterocycles. The van der Waals surface area contributed by atoms with E-state index in [1.807, 2.05) is 25.3 Å². The molecule has 2 spiro atoms. The van der Waals surface area contributed by atoms with Crippen LogP contribution in [0, 0.1) is 17.3 Å². The van der Waals surface area contributed by atoms with Crippen LogP contribution in [-0.2, 0) is 19.0 Å². The fraction of sp³-hybridized carbons (Fsp3) is 0.643. The third-order valence-electron chi connectivity index (χ3n) is 10.4. The van der Waals surface area contributed by atoms with Crippen molar-refractivity contribution in [3.63, 3.8) is 0 Å². The van der Waals surface area contributed by atoms with E-state index in [2.05, 4.69) is 24.2 Å². The zero-order chi connectivity index (χ0) is 23.8. The molecule has 3 saturated carbocycles. The lowest BCUT2D eigenvalue weighted by atomic mass is 9.46. The molecule has 0 unspecified atom stereocenters. The summed E-state index contributed by atoms with van der Waals surface area (Å²) in [5, 5.41) is 12.1. The van der Waals surface area contributed by atoms with Crippen LogP contribution in [0.15, 0.2) is 41.1 Å². The van der Waals surface area contributed by atoms with Crippen molar-refractivity contribution in [2.45, 2.75) is 74.6 Å². The van der Waals surface area contributed by atoms with E-state index in [1.54, 1.807) is 7.11 Å². The van der Waals surface area contributed by atoms with Crippen LogP contribution in [0.3, 0.4) is 0 Å². The number of ether oxygens (including phenoxy) is 3. The van der Waals surface area contributed by atoms with Gasteiger partial charge in [-0.25, -0.2) is 0 Å². The molecule has 6 heteroatoms. The van der Waals surface area contributed by atoms with Crippen LogP contribution in [0.4, 0.5) is 0 Å². The Morgan fingerprint density at radius 2 is 1.94 bits per heavy atom. The molecular formula is C28H35NO5. The number of hydrogen-bond acceptors (Lipinski definition) is 6. The van der Waals surface area contributed by atoms with E-state index < -0.39 is 0 Å². The minimum atomic E-state index is -0.309. The fourth-order valence-electron chi connectivity index (χ4n) is 8.95. The Kier molecular flexibility index (Phi) is 4.94. The van der Waals surface area contributed by atoms with E-state index in [1.165, 1.54) is 17.4 Å². The average Bonchev–Trinajstić information content (AvgIpc) is 3.43. The third-order valence-corrected chi connectivity index (χ3v) is 10.4. The molecule has 6 rings (SSSR count). The minimum absolute atomic E-state index is 0.0393. The van der Waals surface area contributed by atoms with Gasteiger partial charge in [-0.05, 0) is 73.1 Å². The summed E-state index contributed by atoms with van der Waals surface area (Å²) in [5.74, 6) is 1.36. The first-order valence-corrected chi connectivity index (χ1v) is 12.7. The second-order valence-corrected chi connectivity index (χ2v) is 11.4. The molecule has 4 fully saturated rings. The van der Waals surface area contributed by atoms with Crippen LogP contribution in [0.1, 0.15) is 68.9 Å². The fourth-order valence-corrected chi connectivity index (χ4v) is 8.95. The second-order valence-electron chi connectivity index (χ2n) is 11.4. The number of ketones is 1. The normalized spacial score (nSPS) is 44.7. The van der Waals surface area contributed by atoms with E-state index in [4.69, 9.17) is 19.4 Å². The minimum Gasteiger partial charge on any atom is -0.411 e. The number of fused-ring (bicyclic) bond motifs is 2. The van der Waals surface area contributed by atoms with Crippen LogP contribution in [0.5, 0.6) is 0 Å². The number of carbonyl (C=O) groups excluding carboxylic acids is 1. The van der Waals surface area contributed by atoms with Gasteiger partial charge in [-0.15, -0.1) is 0 Å². The smallest absolute Gasteiger partial charge is 0.155 e. The van der Waals surface area contributed by atoms with Crippen molar-refractivity contribution in [2.75, 3.05) is 20.8 Å². The second kappa shape index (κ2) is 7.49. The van der Waals surface area contributed by atoms with Crippen LogP contribution in [-0.4, -0.2) is 54.8 Å². The van der Waals surface area contributed by atoms with Crippen LogP contribution >= 0.6 is 0 Å². The van der Waals surface area contributed by atoms with Crippen molar-refractivity contribution < 1.29 is 24.2 Å². The average molecular weight is 466 g/mol. The molecular weight excluding hydrogens is 430 g/mol. The first kappa shape index (κ1) is 22.4. The lowest BCUT2D eigenvalue weighted by molar-refractivity contribution is -0.165. The Hall–Kier alpha value is -2.02. The molecule has 1 N–H and O–H groups in total. The predicted molar refractivity (Wildman–Crippen MR) is 127 cm³/mol. The van der Waals surface area contributed by atoms with E-state index >= 15 is 0 Å². The summed E-state index contributed by atoms with van der Waals surface area (Å²) in [6.45, 7) is 3.02.